The minimum Gasteiger partial charge on any atom is -0.744 e. The zero-order chi connectivity index (χ0) is 21.6. The maximum Gasteiger partial charge on any atom is 1.00 e. The summed E-state index contributed by atoms with van der Waals surface area (Å²) in [6.07, 6.45) is 0. The minimum absolute atomic E-state index is 0. The molecule has 0 radical (unpaired) electrons. The summed E-state index contributed by atoms with van der Waals surface area (Å²) in [5.74, 6) is -0.404. The monoisotopic (exact) mass is 480 g/mol. The molecule has 3 aromatic rings. The molecule has 3 rings (SSSR count). The van der Waals surface area contributed by atoms with Crippen molar-refractivity contribution in [1.29, 1.82) is 0 Å². The molecule has 0 aliphatic heterocycles. The van der Waals surface area contributed by atoms with Crippen LogP contribution in [0.5, 0.6) is 5.75 Å². The zero-order valence-electron chi connectivity index (χ0n) is 17.1. The fourth-order valence-corrected chi connectivity index (χ4v) is 4.31. The molecule has 0 aromatic heterocycles. The predicted octanol–water partition coefficient (Wildman–Crippen LogP) is -2.61. The van der Waals surface area contributed by atoms with E-state index in [2.05, 4.69) is 10.2 Å². The molecule has 152 valence electrons. The standard InChI is InChI=1S/C18H16N2O7S2.2Na/c1-10-7-11(2)16(28(22,23)24)8-14(10)19-20-15-9-17(29(25,26)27)12-5-3-4-6-13(12)18(15)21;;/h3-9,21H,1-2H3,(H,22,23,24)(H,25,26,27);;/q;2*+1/p-2. The van der Waals surface area contributed by atoms with Crippen LogP contribution in [0.25, 0.3) is 10.8 Å². The molecule has 13 heteroatoms. The second-order valence-corrected chi connectivity index (χ2v) is 9.00. The van der Waals surface area contributed by atoms with E-state index in [1.807, 2.05) is 0 Å². The first kappa shape index (κ1) is 28.2. The largest absolute Gasteiger partial charge is 1.00 e. The van der Waals surface area contributed by atoms with E-state index >= 15 is 0 Å². The summed E-state index contributed by atoms with van der Waals surface area (Å²) in [6.45, 7) is 3.07. The molecule has 0 atom stereocenters. The van der Waals surface area contributed by atoms with Gasteiger partial charge in [-0.2, -0.15) is 5.11 Å². The minimum atomic E-state index is -4.87. The third-order valence-corrected chi connectivity index (χ3v) is 6.11. The molecule has 0 heterocycles. The summed E-state index contributed by atoms with van der Waals surface area (Å²) >= 11 is 0. The van der Waals surface area contributed by atoms with E-state index < -0.39 is 35.8 Å². The van der Waals surface area contributed by atoms with E-state index in [-0.39, 0.29) is 86.8 Å². The quantitative estimate of drug-likeness (QED) is 0.243. The number of fused-ring (bicyclic) bond motifs is 1. The average Bonchev–Trinajstić information content (AvgIpc) is 2.60. The molecule has 0 spiro atoms. The molecule has 0 unspecified atom stereocenters. The molecule has 3 aromatic carbocycles. The number of benzene rings is 3. The van der Waals surface area contributed by atoms with Crippen molar-refractivity contribution in [3.63, 3.8) is 0 Å². The third-order valence-electron chi connectivity index (χ3n) is 4.26. The van der Waals surface area contributed by atoms with Crippen LogP contribution in [0.3, 0.4) is 0 Å². The van der Waals surface area contributed by atoms with Crippen LogP contribution >= 0.6 is 0 Å². The maximum absolute atomic E-state index is 11.6. The first-order valence-corrected chi connectivity index (χ1v) is 10.9. The van der Waals surface area contributed by atoms with Crippen LogP contribution < -0.4 is 59.1 Å². The number of phenolic OH excluding ortho intramolecular Hbond substituents is 1. The number of nitrogens with zero attached hydrogens (tertiary/aromatic N) is 2. The van der Waals surface area contributed by atoms with E-state index in [4.69, 9.17) is 0 Å². The van der Waals surface area contributed by atoms with Crippen LogP contribution in [-0.4, -0.2) is 31.0 Å². The number of hydrogen-bond acceptors (Lipinski definition) is 9. The number of aromatic hydroxyl groups is 1. The molecule has 0 aliphatic rings. The molecule has 0 bridgehead atoms. The SMILES string of the molecule is Cc1cc(C)c(S(=O)(=O)[O-])cc1N=Nc1cc(S(=O)(=O)[O-])c2ccccc2c1O.[Na+].[Na+]. The van der Waals surface area contributed by atoms with Gasteiger partial charge in [0.1, 0.15) is 25.9 Å². The molecular weight excluding hydrogens is 466 g/mol. The molecule has 0 saturated carbocycles. The van der Waals surface area contributed by atoms with Gasteiger partial charge in [0.05, 0.1) is 15.5 Å². The van der Waals surface area contributed by atoms with Crippen molar-refractivity contribution in [2.45, 2.75) is 23.6 Å². The van der Waals surface area contributed by atoms with Crippen LogP contribution in [0.2, 0.25) is 0 Å². The zero-order valence-corrected chi connectivity index (χ0v) is 22.8. The van der Waals surface area contributed by atoms with Crippen molar-refractivity contribution < 1.29 is 90.2 Å². The second kappa shape index (κ2) is 10.4. The first-order valence-electron chi connectivity index (χ1n) is 8.09. The van der Waals surface area contributed by atoms with Gasteiger partial charge in [-0.15, -0.1) is 5.11 Å². The summed E-state index contributed by atoms with van der Waals surface area (Å²) < 4.78 is 69.0. The molecule has 0 amide bonds. The Kier molecular flexibility index (Phi) is 9.44. The summed E-state index contributed by atoms with van der Waals surface area (Å²) in [5.41, 5.74) is 0.467. The molecular formula is C18H14N2Na2O7S2. The van der Waals surface area contributed by atoms with Gasteiger partial charge in [-0.1, -0.05) is 30.3 Å². The number of hydrogen-bond donors (Lipinski definition) is 1. The Labute approximate surface area is 223 Å². The van der Waals surface area contributed by atoms with E-state index in [1.165, 1.54) is 31.2 Å². The number of phenols is 1. The van der Waals surface area contributed by atoms with Crippen molar-refractivity contribution in [2.24, 2.45) is 10.2 Å². The van der Waals surface area contributed by atoms with Gasteiger partial charge in [-0.3, -0.25) is 0 Å². The first-order chi connectivity index (χ1) is 13.4. The topological polar surface area (TPSA) is 159 Å². The van der Waals surface area contributed by atoms with Gasteiger partial charge in [0.2, 0.25) is 0 Å². The summed E-state index contributed by atoms with van der Waals surface area (Å²) in [4.78, 5) is -1.05. The van der Waals surface area contributed by atoms with Gasteiger partial charge in [0.25, 0.3) is 0 Å². The van der Waals surface area contributed by atoms with E-state index in [0.29, 0.717) is 5.56 Å². The van der Waals surface area contributed by atoms with Gasteiger partial charge in [-0.25, -0.2) is 16.8 Å². The average molecular weight is 480 g/mol. The Hall–Kier alpha value is -0.860. The summed E-state index contributed by atoms with van der Waals surface area (Å²) in [5, 5.41) is 18.2. The van der Waals surface area contributed by atoms with Crippen LogP contribution in [0, 0.1) is 13.8 Å². The van der Waals surface area contributed by atoms with Gasteiger partial charge in [0.15, 0.2) is 5.75 Å². The number of aryl methyl sites for hydroxylation is 2. The molecule has 9 nitrogen and oxygen atoms in total. The van der Waals surface area contributed by atoms with Crippen molar-refractivity contribution in [1.82, 2.24) is 0 Å². The van der Waals surface area contributed by atoms with Crippen LogP contribution in [0.15, 0.2) is 62.5 Å². The number of azo groups is 1. The van der Waals surface area contributed by atoms with Gasteiger partial charge < -0.3 is 14.2 Å². The Morgan fingerprint density at radius 2 is 1.23 bits per heavy atom. The Bertz CT molecular complexity index is 1390. The van der Waals surface area contributed by atoms with Gasteiger partial charge in [0, 0.05) is 10.8 Å². The normalized spacial score (nSPS) is 11.9. The number of rotatable bonds is 4. The fourth-order valence-electron chi connectivity index (χ4n) is 2.90. The second-order valence-electron chi connectivity index (χ2n) is 6.30. The van der Waals surface area contributed by atoms with E-state index in [1.54, 1.807) is 13.0 Å². The van der Waals surface area contributed by atoms with E-state index in [9.17, 15) is 31.0 Å². The maximum atomic E-state index is 11.6. The van der Waals surface area contributed by atoms with Crippen LogP contribution in [0.1, 0.15) is 11.1 Å². The van der Waals surface area contributed by atoms with Gasteiger partial charge in [-0.05, 0) is 37.1 Å². The van der Waals surface area contributed by atoms with E-state index in [0.717, 1.165) is 12.1 Å². The molecule has 31 heavy (non-hydrogen) atoms. The summed E-state index contributed by atoms with van der Waals surface area (Å²) in [7, 11) is -9.62. The molecule has 1 N–H and O–H groups in total. The summed E-state index contributed by atoms with van der Waals surface area (Å²) in [6, 6.07) is 9.21. The smallest absolute Gasteiger partial charge is 0.744 e. The van der Waals surface area contributed by atoms with Crippen molar-refractivity contribution in [2.75, 3.05) is 0 Å². The Morgan fingerprint density at radius 3 is 1.77 bits per heavy atom. The molecule has 0 saturated heterocycles. The fraction of sp³-hybridized carbons (Fsp3) is 0.111. The molecule has 0 aliphatic carbocycles. The van der Waals surface area contributed by atoms with Crippen LogP contribution in [-0.2, 0) is 20.2 Å². The van der Waals surface area contributed by atoms with Crippen LogP contribution in [0.4, 0.5) is 11.4 Å². The molecule has 0 fully saturated rings. The Balaban J connectivity index is 0.00000240. The van der Waals surface area contributed by atoms with Crippen molar-refractivity contribution >= 4 is 42.4 Å². The third kappa shape index (κ3) is 6.14. The van der Waals surface area contributed by atoms with Crippen molar-refractivity contribution in [3.05, 3.63) is 53.6 Å². The Morgan fingerprint density at radius 1 is 0.742 bits per heavy atom. The predicted molar refractivity (Wildman–Crippen MR) is 102 cm³/mol. The van der Waals surface area contributed by atoms with Gasteiger partial charge >= 0.3 is 59.1 Å². The van der Waals surface area contributed by atoms with Crippen molar-refractivity contribution in [3.8, 4) is 5.75 Å².